The molecule has 0 radical (unpaired) electrons. The number of hydrogen-bond acceptors (Lipinski definition) is 5. The second-order valence-corrected chi connectivity index (χ2v) is 6.27. The molecule has 0 aliphatic rings. The molecular weight excluding hydrogens is 318 g/mol. The minimum Gasteiger partial charge on any atom is -0.490 e. The van der Waals surface area contributed by atoms with Crippen LogP contribution in [0.2, 0.25) is 0 Å². The average Bonchev–Trinajstić information content (AvgIpc) is 2.57. The minimum atomic E-state index is -0.181. The third-order valence-corrected chi connectivity index (χ3v) is 3.75. The molecule has 0 saturated carbocycles. The molecule has 1 aromatic carbocycles. The van der Waals surface area contributed by atoms with E-state index in [1.807, 2.05) is 6.92 Å². The predicted molar refractivity (Wildman–Crippen MR) is 97.8 cm³/mol. The van der Waals surface area contributed by atoms with Crippen LogP contribution in [0.25, 0.3) is 0 Å². The van der Waals surface area contributed by atoms with E-state index >= 15 is 0 Å². The Hall–Kier alpha value is -2.26. The number of amides is 1. The number of carbonyl (C=O) groups is 1. The number of ether oxygens (including phenoxy) is 2. The van der Waals surface area contributed by atoms with E-state index in [0.717, 1.165) is 6.54 Å². The first-order valence-electron chi connectivity index (χ1n) is 8.71. The summed E-state index contributed by atoms with van der Waals surface area (Å²) in [5.41, 5.74) is 0.489. The van der Waals surface area contributed by atoms with Gasteiger partial charge in [0.2, 0.25) is 0 Å². The van der Waals surface area contributed by atoms with Gasteiger partial charge in [-0.15, -0.1) is 0 Å². The zero-order valence-electron chi connectivity index (χ0n) is 15.8. The number of rotatable bonds is 10. The fourth-order valence-corrected chi connectivity index (χ4v) is 2.60. The van der Waals surface area contributed by atoms with Crippen molar-refractivity contribution >= 4 is 5.91 Å². The predicted octanol–water partition coefficient (Wildman–Crippen LogP) is 2.57. The van der Waals surface area contributed by atoms with Crippen molar-refractivity contribution in [2.24, 2.45) is 0 Å². The highest BCUT2D eigenvalue weighted by molar-refractivity contribution is 5.77. The Labute approximate surface area is 150 Å². The number of nitrogens with one attached hydrogen (secondary N) is 1. The summed E-state index contributed by atoms with van der Waals surface area (Å²) in [5.74, 6) is 0.751. The molecular formula is C19H29N3O3. The maximum Gasteiger partial charge on any atom is 0.257 e. The number of carbonyl (C=O) groups excluding carboxylic acids is 1. The number of hydrogen-bond donors (Lipinski definition) is 1. The van der Waals surface area contributed by atoms with Crippen molar-refractivity contribution in [3.63, 3.8) is 0 Å². The quantitative estimate of drug-likeness (QED) is 0.704. The van der Waals surface area contributed by atoms with Gasteiger partial charge in [-0.1, -0.05) is 0 Å². The highest BCUT2D eigenvalue weighted by atomic mass is 16.5. The Kier molecular flexibility index (Phi) is 8.79. The highest BCUT2D eigenvalue weighted by Gasteiger charge is 2.13. The van der Waals surface area contributed by atoms with Crippen molar-refractivity contribution in [3.8, 4) is 17.6 Å². The number of nitriles is 1. The van der Waals surface area contributed by atoms with Crippen LogP contribution in [0, 0.1) is 11.3 Å². The van der Waals surface area contributed by atoms with Gasteiger partial charge in [0.25, 0.3) is 5.91 Å². The first-order valence-corrected chi connectivity index (χ1v) is 8.71. The molecule has 0 bridgehead atoms. The third kappa shape index (κ3) is 7.02. The largest absolute Gasteiger partial charge is 0.490 e. The minimum absolute atomic E-state index is 0.0880. The van der Waals surface area contributed by atoms with Gasteiger partial charge < -0.3 is 14.8 Å². The Bertz CT molecular complexity index is 586. The molecule has 1 rings (SSSR count). The van der Waals surface area contributed by atoms with Gasteiger partial charge in [0.05, 0.1) is 18.2 Å². The van der Waals surface area contributed by atoms with Gasteiger partial charge in [-0.3, -0.25) is 9.69 Å². The third-order valence-electron chi connectivity index (χ3n) is 3.75. The molecule has 0 heterocycles. The molecule has 0 aromatic heterocycles. The smallest absolute Gasteiger partial charge is 0.257 e. The fraction of sp³-hybridized carbons (Fsp3) is 0.579. The number of benzene rings is 1. The molecule has 0 atom stereocenters. The second kappa shape index (κ2) is 10.6. The lowest BCUT2D eigenvalue weighted by molar-refractivity contribution is -0.123. The van der Waals surface area contributed by atoms with Crippen LogP contribution in [0.1, 0.15) is 40.2 Å². The summed E-state index contributed by atoms with van der Waals surface area (Å²) in [6.07, 6.45) is 0. The van der Waals surface area contributed by atoms with E-state index < -0.39 is 0 Å². The van der Waals surface area contributed by atoms with Crippen molar-refractivity contribution < 1.29 is 14.3 Å². The molecule has 0 aliphatic heterocycles. The molecule has 138 valence electrons. The molecule has 1 amide bonds. The Morgan fingerprint density at radius 3 is 2.44 bits per heavy atom. The maximum absolute atomic E-state index is 12.0. The average molecular weight is 347 g/mol. The monoisotopic (exact) mass is 347 g/mol. The van der Waals surface area contributed by atoms with Gasteiger partial charge >= 0.3 is 0 Å². The first-order chi connectivity index (χ1) is 11.9. The van der Waals surface area contributed by atoms with Gasteiger partial charge in [-0.25, -0.2) is 0 Å². The van der Waals surface area contributed by atoms with Crippen molar-refractivity contribution in [3.05, 3.63) is 23.8 Å². The summed E-state index contributed by atoms with van der Waals surface area (Å²) in [6, 6.07) is 7.81. The molecule has 1 N–H and O–H groups in total. The van der Waals surface area contributed by atoms with Crippen molar-refractivity contribution in [1.82, 2.24) is 10.2 Å². The lowest BCUT2D eigenvalue weighted by Crippen LogP contribution is -2.43. The van der Waals surface area contributed by atoms with E-state index in [2.05, 4.69) is 44.0 Å². The Morgan fingerprint density at radius 2 is 1.88 bits per heavy atom. The molecule has 0 saturated heterocycles. The lowest BCUT2D eigenvalue weighted by Gasteiger charge is -2.30. The van der Waals surface area contributed by atoms with Gasteiger partial charge in [0, 0.05) is 31.2 Å². The summed E-state index contributed by atoms with van der Waals surface area (Å²) >= 11 is 0. The van der Waals surface area contributed by atoms with E-state index in [-0.39, 0.29) is 12.5 Å². The van der Waals surface area contributed by atoms with Crippen molar-refractivity contribution in [2.75, 3.05) is 26.3 Å². The van der Waals surface area contributed by atoms with Gasteiger partial charge in [-0.05, 0) is 46.8 Å². The molecule has 6 nitrogen and oxygen atoms in total. The first kappa shape index (κ1) is 20.8. The van der Waals surface area contributed by atoms with Crippen LogP contribution in [0.5, 0.6) is 11.5 Å². The van der Waals surface area contributed by atoms with Crippen LogP contribution in [0.3, 0.4) is 0 Å². The SMILES string of the molecule is CCOc1cc(C#N)ccc1OCC(=O)NCCN(C(C)C)C(C)C. The zero-order valence-corrected chi connectivity index (χ0v) is 15.8. The summed E-state index contributed by atoms with van der Waals surface area (Å²) in [6.45, 7) is 12.2. The maximum atomic E-state index is 12.0. The highest BCUT2D eigenvalue weighted by Crippen LogP contribution is 2.28. The Morgan fingerprint density at radius 1 is 1.20 bits per heavy atom. The molecule has 0 aliphatic carbocycles. The summed E-state index contributed by atoms with van der Waals surface area (Å²) in [5, 5.41) is 11.8. The van der Waals surface area contributed by atoms with Crippen LogP contribution in [-0.4, -0.2) is 49.2 Å². The molecule has 0 unspecified atom stereocenters. The standard InChI is InChI=1S/C19H29N3O3/c1-6-24-18-11-16(12-20)7-8-17(18)25-13-19(23)21-9-10-22(14(2)3)15(4)5/h7-8,11,14-15H,6,9-10,13H2,1-5H3,(H,21,23). The van der Waals surface area contributed by atoms with Gasteiger partial charge in [0.15, 0.2) is 18.1 Å². The van der Waals surface area contributed by atoms with Crippen LogP contribution in [-0.2, 0) is 4.79 Å². The van der Waals surface area contributed by atoms with Crippen LogP contribution in [0.15, 0.2) is 18.2 Å². The van der Waals surface area contributed by atoms with Crippen LogP contribution >= 0.6 is 0 Å². The molecule has 25 heavy (non-hydrogen) atoms. The van der Waals surface area contributed by atoms with E-state index in [1.54, 1.807) is 18.2 Å². The second-order valence-electron chi connectivity index (χ2n) is 6.27. The van der Waals surface area contributed by atoms with E-state index in [9.17, 15) is 4.79 Å². The topological polar surface area (TPSA) is 74.6 Å². The normalized spacial score (nSPS) is 10.8. The van der Waals surface area contributed by atoms with Gasteiger partial charge in [-0.2, -0.15) is 5.26 Å². The Balaban J connectivity index is 2.50. The summed E-state index contributed by atoms with van der Waals surface area (Å²) in [7, 11) is 0. The van der Waals surface area contributed by atoms with Crippen LogP contribution < -0.4 is 14.8 Å². The summed E-state index contributed by atoms with van der Waals surface area (Å²) in [4.78, 5) is 14.3. The zero-order chi connectivity index (χ0) is 18.8. The lowest BCUT2D eigenvalue weighted by atomic mass is 10.2. The molecule has 1 aromatic rings. The van der Waals surface area contributed by atoms with Gasteiger partial charge in [0.1, 0.15) is 0 Å². The van der Waals surface area contributed by atoms with E-state index in [4.69, 9.17) is 14.7 Å². The summed E-state index contributed by atoms with van der Waals surface area (Å²) < 4.78 is 11.0. The fourth-order valence-electron chi connectivity index (χ4n) is 2.60. The van der Waals surface area contributed by atoms with Crippen molar-refractivity contribution in [2.45, 2.75) is 46.7 Å². The molecule has 6 heteroatoms. The van der Waals surface area contributed by atoms with E-state index in [0.29, 0.717) is 42.3 Å². The number of nitrogens with zero attached hydrogens (tertiary/aromatic N) is 2. The van der Waals surface area contributed by atoms with E-state index in [1.165, 1.54) is 0 Å². The van der Waals surface area contributed by atoms with Crippen molar-refractivity contribution in [1.29, 1.82) is 5.26 Å². The molecule has 0 fully saturated rings. The van der Waals surface area contributed by atoms with Crippen LogP contribution in [0.4, 0.5) is 0 Å². The molecule has 0 spiro atoms.